The van der Waals surface area contributed by atoms with Crippen molar-refractivity contribution >= 4 is 0 Å². The van der Waals surface area contributed by atoms with Crippen molar-refractivity contribution < 1.29 is 9.15 Å². The molecule has 3 heterocycles. The fourth-order valence-electron chi connectivity index (χ4n) is 4.99. The van der Waals surface area contributed by atoms with Crippen LogP contribution in [-0.4, -0.2) is 49.2 Å². The predicted molar refractivity (Wildman–Crippen MR) is 91.8 cm³/mol. The molecule has 2 saturated heterocycles. The third kappa shape index (κ3) is 2.41. The summed E-state index contributed by atoms with van der Waals surface area (Å²) in [5, 5.41) is 0. The molecule has 3 atom stereocenters. The zero-order valence-corrected chi connectivity index (χ0v) is 13.9. The molecule has 2 aliphatic heterocycles. The van der Waals surface area contributed by atoms with Gasteiger partial charge in [0.1, 0.15) is 5.76 Å². The van der Waals surface area contributed by atoms with Gasteiger partial charge in [0.2, 0.25) is 0 Å². The number of rotatable bonds is 3. The van der Waals surface area contributed by atoms with E-state index in [-0.39, 0.29) is 0 Å². The summed E-state index contributed by atoms with van der Waals surface area (Å²) in [6.07, 6.45) is 1.78. The Morgan fingerprint density at radius 2 is 1.79 bits per heavy atom. The Morgan fingerprint density at radius 1 is 0.958 bits per heavy atom. The smallest absolute Gasteiger partial charge is 0.117 e. The van der Waals surface area contributed by atoms with Crippen LogP contribution in [0.2, 0.25) is 0 Å². The lowest BCUT2D eigenvalue weighted by atomic mass is 9.93. The first-order chi connectivity index (χ1) is 11.9. The molecule has 24 heavy (non-hydrogen) atoms. The molecule has 1 aliphatic carbocycles. The lowest BCUT2D eigenvalue weighted by Gasteiger charge is -2.36. The summed E-state index contributed by atoms with van der Waals surface area (Å²) in [6, 6.07) is 13.7. The largest absolute Gasteiger partial charge is 0.468 e. The van der Waals surface area contributed by atoms with Crippen molar-refractivity contribution in [3.8, 4) is 0 Å². The van der Waals surface area contributed by atoms with E-state index >= 15 is 0 Å². The molecule has 0 saturated carbocycles. The van der Waals surface area contributed by atoms with Gasteiger partial charge in [0.15, 0.2) is 0 Å². The second kappa shape index (κ2) is 6.03. The molecular formula is C20H24N2O2. The molecule has 5 rings (SSSR count). The fourth-order valence-corrected chi connectivity index (χ4v) is 4.99. The number of ether oxygens (including phenoxy) is 1. The highest BCUT2D eigenvalue weighted by atomic mass is 16.5. The van der Waals surface area contributed by atoms with Crippen molar-refractivity contribution in [3.63, 3.8) is 0 Å². The molecular weight excluding hydrogens is 300 g/mol. The van der Waals surface area contributed by atoms with Crippen molar-refractivity contribution in [3.05, 3.63) is 59.5 Å². The Bertz CT molecular complexity index is 693. The molecule has 0 spiro atoms. The van der Waals surface area contributed by atoms with Gasteiger partial charge in [-0.3, -0.25) is 9.80 Å². The van der Waals surface area contributed by atoms with E-state index in [1.165, 1.54) is 0 Å². The second-order valence-electron chi connectivity index (χ2n) is 7.27. The van der Waals surface area contributed by atoms with E-state index in [2.05, 4.69) is 40.1 Å². The first-order valence-corrected chi connectivity index (χ1v) is 9.05. The molecule has 4 nitrogen and oxygen atoms in total. The fraction of sp³-hybridized carbons (Fsp3) is 0.500. The summed E-state index contributed by atoms with van der Waals surface area (Å²) in [6.45, 7) is 7.07. The maximum absolute atomic E-state index is 5.59. The third-order valence-corrected chi connectivity index (χ3v) is 5.96. The Balaban J connectivity index is 1.42. The summed E-state index contributed by atoms with van der Waals surface area (Å²) in [7, 11) is 0. The number of nitrogens with zero attached hydrogens (tertiary/aromatic N) is 2. The predicted octanol–water partition coefficient (Wildman–Crippen LogP) is 2.88. The van der Waals surface area contributed by atoms with E-state index in [1.807, 2.05) is 6.07 Å². The van der Waals surface area contributed by atoms with Crippen LogP contribution in [0.3, 0.4) is 0 Å². The zero-order valence-electron chi connectivity index (χ0n) is 13.9. The number of hydrogen-bond donors (Lipinski definition) is 0. The van der Waals surface area contributed by atoms with Crippen LogP contribution in [0.5, 0.6) is 0 Å². The molecule has 4 heteroatoms. The third-order valence-electron chi connectivity index (χ3n) is 5.96. The minimum Gasteiger partial charge on any atom is -0.468 e. The number of benzene rings is 1. The lowest BCUT2D eigenvalue weighted by molar-refractivity contribution is 0.00465. The standard InChI is InChI=1S/C20H24N2O2/c1-2-6-17-16(5-1)18-13-21(12-15-4-3-9-24-15)14-19(18)20(17)22-7-10-23-11-8-22/h1-6,9,18-20H,7-8,10-14H2/t18-,19+,20+/m0/s1. The van der Waals surface area contributed by atoms with Gasteiger partial charge in [-0.05, 0) is 29.2 Å². The van der Waals surface area contributed by atoms with Gasteiger partial charge in [-0.15, -0.1) is 0 Å². The quantitative estimate of drug-likeness (QED) is 0.868. The number of morpholine rings is 1. The molecule has 1 aromatic carbocycles. The van der Waals surface area contributed by atoms with Gasteiger partial charge in [0, 0.05) is 38.1 Å². The number of likely N-dealkylation sites (tertiary alicyclic amines) is 1. The maximum Gasteiger partial charge on any atom is 0.117 e. The van der Waals surface area contributed by atoms with Crippen LogP contribution in [0, 0.1) is 5.92 Å². The second-order valence-corrected chi connectivity index (χ2v) is 7.27. The van der Waals surface area contributed by atoms with Gasteiger partial charge < -0.3 is 9.15 Å². The molecule has 0 bridgehead atoms. The molecule has 2 aromatic rings. The summed E-state index contributed by atoms with van der Waals surface area (Å²) in [5.41, 5.74) is 3.13. The number of furan rings is 1. The van der Waals surface area contributed by atoms with Crippen molar-refractivity contribution in [1.29, 1.82) is 0 Å². The number of hydrogen-bond acceptors (Lipinski definition) is 4. The highest BCUT2D eigenvalue weighted by molar-refractivity contribution is 5.41. The minimum atomic E-state index is 0.553. The van der Waals surface area contributed by atoms with Crippen LogP contribution in [0.15, 0.2) is 47.1 Å². The van der Waals surface area contributed by atoms with E-state index in [1.54, 1.807) is 17.4 Å². The summed E-state index contributed by atoms with van der Waals surface area (Å²) >= 11 is 0. The van der Waals surface area contributed by atoms with Crippen LogP contribution in [-0.2, 0) is 11.3 Å². The van der Waals surface area contributed by atoms with Gasteiger partial charge in [-0.1, -0.05) is 24.3 Å². The minimum absolute atomic E-state index is 0.553. The van der Waals surface area contributed by atoms with Gasteiger partial charge in [0.05, 0.1) is 26.0 Å². The van der Waals surface area contributed by atoms with Crippen molar-refractivity contribution in [2.75, 3.05) is 39.4 Å². The normalized spacial score (nSPS) is 30.4. The Labute approximate surface area is 143 Å². The Hall–Kier alpha value is -1.62. The molecule has 0 unspecified atom stereocenters. The SMILES string of the molecule is c1coc(CN2C[C@H]3[C@H](N4CCOCC4)c4ccccc4[C@@H]3C2)c1. The summed E-state index contributed by atoms with van der Waals surface area (Å²) in [4.78, 5) is 5.22. The highest BCUT2D eigenvalue weighted by Gasteiger charge is 2.48. The van der Waals surface area contributed by atoms with Crippen LogP contribution in [0.4, 0.5) is 0 Å². The molecule has 0 N–H and O–H groups in total. The van der Waals surface area contributed by atoms with E-state index < -0.39 is 0 Å². The molecule has 1 aromatic heterocycles. The highest BCUT2D eigenvalue weighted by Crippen LogP contribution is 2.51. The average Bonchev–Trinajstić information content (AvgIpc) is 3.32. The van der Waals surface area contributed by atoms with E-state index in [0.29, 0.717) is 17.9 Å². The van der Waals surface area contributed by atoms with Crippen LogP contribution < -0.4 is 0 Å². The molecule has 0 amide bonds. The van der Waals surface area contributed by atoms with E-state index in [9.17, 15) is 0 Å². The molecule has 126 valence electrons. The molecule has 0 radical (unpaired) electrons. The monoisotopic (exact) mass is 324 g/mol. The van der Waals surface area contributed by atoms with Crippen molar-refractivity contribution in [1.82, 2.24) is 9.80 Å². The Morgan fingerprint density at radius 3 is 2.58 bits per heavy atom. The maximum atomic E-state index is 5.59. The molecule has 3 aliphatic rings. The van der Waals surface area contributed by atoms with E-state index in [0.717, 1.165) is 51.7 Å². The topological polar surface area (TPSA) is 28.9 Å². The summed E-state index contributed by atoms with van der Waals surface area (Å²) in [5.74, 6) is 2.42. The number of fused-ring (bicyclic) bond motifs is 3. The average molecular weight is 324 g/mol. The van der Waals surface area contributed by atoms with Crippen molar-refractivity contribution in [2.24, 2.45) is 5.92 Å². The van der Waals surface area contributed by atoms with Crippen LogP contribution in [0.25, 0.3) is 0 Å². The molecule has 2 fully saturated rings. The first-order valence-electron chi connectivity index (χ1n) is 9.05. The van der Waals surface area contributed by atoms with Gasteiger partial charge in [-0.2, -0.15) is 0 Å². The van der Waals surface area contributed by atoms with Gasteiger partial charge in [-0.25, -0.2) is 0 Å². The zero-order chi connectivity index (χ0) is 15.9. The van der Waals surface area contributed by atoms with Crippen LogP contribution in [0.1, 0.15) is 28.8 Å². The van der Waals surface area contributed by atoms with Crippen LogP contribution >= 0.6 is 0 Å². The van der Waals surface area contributed by atoms with Crippen molar-refractivity contribution in [2.45, 2.75) is 18.5 Å². The van der Waals surface area contributed by atoms with Gasteiger partial charge in [0.25, 0.3) is 0 Å². The van der Waals surface area contributed by atoms with Gasteiger partial charge >= 0.3 is 0 Å². The summed E-state index contributed by atoms with van der Waals surface area (Å²) < 4.78 is 11.1. The van der Waals surface area contributed by atoms with E-state index in [4.69, 9.17) is 9.15 Å². The lowest BCUT2D eigenvalue weighted by Crippen LogP contribution is -2.41. The Kier molecular flexibility index (Phi) is 3.69. The first kappa shape index (κ1) is 14.7.